The summed E-state index contributed by atoms with van der Waals surface area (Å²) in [6.45, 7) is 1.64. The van der Waals surface area contributed by atoms with Crippen LogP contribution in [0, 0.1) is 5.92 Å². The van der Waals surface area contributed by atoms with Gasteiger partial charge in [-0.1, -0.05) is 6.42 Å². The maximum absolute atomic E-state index is 12.6. The molecule has 3 N–H and O–H groups in total. The minimum Gasteiger partial charge on any atom is -0.376 e. The summed E-state index contributed by atoms with van der Waals surface area (Å²) in [5.74, 6) is 0.553. The van der Waals surface area contributed by atoms with Gasteiger partial charge >= 0.3 is 0 Å². The van der Waals surface area contributed by atoms with Gasteiger partial charge in [0.2, 0.25) is 0 Å². The number of hydrogen-bond donors (Lipinski definition) is 2. The van der Waals surface area contributed by atoms with Gasteiger partial charge in [0.1, 0.15) is 0 Å². The fourth-order valence-corrected chi connectivity index (χ4v) is 5.14. The third-order valence-corrected chi connectivity index (χ3v) is 6.38. The van der Waals surface area contributed by atoms with Gasteiger partial charge in [0.25, 0.3) is 10.2 Å². The molecule has 3 unspecified atom stereocenters. The van der Waals surface area contributed by atoms with E-state index in [2.05, 4.69) is 4.72 Å². The Hall–Kier alpha value is -0.210. The number of ether oxygens (including phenoxy) is 1. The molecule has 3 aliphatic rings. The van der Waals surface area contributed by atoms with Crippen molar-refractivity contribution >= 4 is 10.2 Å². The van der Waals surface area contributed by atoms with Crippen LogP contribution in [0.4, 0.5) is 0 Å². The van der Waals surface area contributed by atoms with E-state index in [1.165, 1.54) is 0 Å². The summed E-state index contributed by atoms with van der Waals surface area (Å²) in [7, 11) is -3.44. The van der Waals surface area contributed by atoms with Crippen LogP contribution in [0.15, 0.2) is 0 Å². The number of piperidine rings is 1. The van der Waals surface area contributed by atoms with Crippen molar-refractivity contribution in [1.29, 1.82) is 0 Å². The van der Waals surface area contributed by atoms with Gasteiger partial charge in [-0.2, -0.15) is 17.4 Å². The number of nitrogens with zero attached hydrogens (tertiary/aromatic N) is 1. The molecule has 0 aromatic heterocycles. The average Bonchev–Trinajstić information content (AvgIpc) is 3.19. The Balaban J connectivity index is 1.67. The van der Waals surface area contributed by atoms with E-state index >= 15 is 0 Å². The van der Waals surface area contributed by atoms with E-state index in [9.17, 15) is 8.42 Å². The van der Waals surface area contributed by atoms with Gasteiger partial charge in [0, 0.05) is 25.7 Å². The smallest absolute Gasteiger partial charge is 0.280 e. The number of nitrogens with one attached hydrogen (secondary N) is 1. The molecule has 116 valence electrons. The van der Waals surface area contributed by atoms with Crippen LogP contribution in [0.1, 0.15) is 38.5 Å². The molecule has 7 heteroatoms. The van der Waals surface area contributed by atoms with Crippen LogP contribution >= 0.6 is 0 Å². The third kappa shape index (κ3) is 3.01. The molecule has 1 saturated carbocycles. The fourth-order valence-electron chi connectivity index (χ4n) is 3.41. The molecular weight excluding hydrogens is 278 g/mol. The Labute approximate surface area is 121 Å². The molecule has 0 aromatic carbocycles. The molecule has 0 radical (unpaired) electrons. The lowest BCUT2D eigenvalue weighted by molar-refractivity contribution is 0.0842. The third-order valence-electron chi connectivity index (χ3n) is 4.68. The average molecular weight is 303 g/mol. The first-order chi connectivity index (χ1) is 9.62. The van der Waals surface area contributed by atoms with Crippen molar-refractivity contribution in [1.82, 2.24) is 9.03 Å². The predicted octanol–water partition coefficient (Wildman–Crippen LogP) is 0.202. The summed E-state index contributed by atoms with van der Waals surface area (Å²) in [6, 6.07) is -0.115. The predicted molar refractivity (Wildman–Crippen MR) is 76.3 cm³/mol. The first-order valence-corrected chi connectivity index (χ1v) is 9.16. The Bertz CT molecular complexity index is 438. The summed E-state index contributed by atoms with van der Waals surface area (Å²) in [6.07, 6.45) is 6.03. The van der Waals surface area contributed by atoms with Crippen LogP contribution in [-0.2, 0) is 14.9 Å². The van der Waals surface area contributed by atoms with Gasteiger partial charge in [-0.25, -0.2) is 0 Å². The Morgan fingerprint density at radius 2 is 2.00 bits per heavy atom. The summed E-state index contributed by atoms with van der Waals surface area (Å²) in [5.41, 5.74) is 5.73. The quantitative estimate of drug-likeness (QED) is 0.760. The van der Waals surface area contributed by atoms with Crippen LogP contribution in [0.25, 0.3) is 0 Å². The lowest BCUT2D eigenvalue weighted by Gasteiger charge is -2.35. The Kier molecular flexibility index (Phi) is 4.33. The first-order valence-electron chi connectivity index (χ1n) is 7.72. The first kappa shape index (κ1) is 14.7. The second-order valence-corrected chi connectivity index (χ2v) is 7.84. The largest absolute Gasteiger partial charge is 0.376 e. The van der Waals surface area contributed by atoms with Crippen LogP contribution in [0.3, 0.4) is 0 Å². The van der Waals surface area contributed by atoms with Crippen molar-refractivity contribution in [2.24, 2.45) is 11.7 Å². The van der Waals surface area contributed by atoms with Crippen molar-refractivity contribution < 1.29 is 13.2 Å². The molecule has 2 saturated heterocycles. The maximum Gasteiger partial charge on any atom is 0.280 e. The van der Waals surface area contributed by atoms with Crippen molar-refractivity contribution in [3.8, 4) is 0 Å². The molecule has 1 aliphatic carbocycles. The van der Waals surface area contributed by atoms with Crippen LogP contribution < -0.4 is 10.5 Å². The lowest BCUT2D eigenvalue weighted by Crippen LogP contribution is -2.55. The van der Waals surface area contributed by atoms with Crippen molar-refractivity contribution in [3.63, 3.8) is 0 Å². The van der Waals surface area contributed by atoms with Gasteiger partial charge in [-0.15, -0.1) is 0 Å². The zero-order valence-corrected chi connectivity index (χ0v) is 12.6. The summed E-state index contributed by atoms with van der Waals surface area (Å²) < 4.78 is 35.4. The zero-order valence-electron chi connectivity index (χ0n) is 11.8. The standard InChI is InChI=1S/C13H25N3O3S/c14-9-11-3-1-2-7-16(11)20(17,18)15-12-6-8-19-13(12)10-4-5-10/h10-13,15H,1-9,14H2. The van der Waals surface area contributed by atoms with Gasteiger partial charge in [0.15, 0.2) is 0 Å². The second-order valence-electron chi connectivity index (χ2n) is 6.19. The molecule has 0 aromatic rings. The Morgan fingerprint density at radius 3 is 2.70 bits per heavy atom. The van der Waals surface area contributed by atoms with Gasteiger partial charge < -0.3 is 10.5 Å². The molecular formula is C13H25N3O3S. The molecule has 6 nitrogen and oxygen atoms in total. The normalized spacial score (nSPS) is 36.4. The minimum absolute atomic E-state index is 0.0528. The second kappa shape index (κ2) is 5.88. The van der Waals surface area contributed by atoms with E-state index < -0.39 is 10.2 Å². The topological polar surface area (TPSA) is 84.7 Å². The Morgan fingerprint density at radius 1 is 1.20 bits per heavy atom. The lowest BCUT2D eigenvalue weighted by atomic mass is 10.1. The molecule has 2 heterocycles. The van der Waals surface area contributed by atoms with E-state index in [0.29, 0.717) is 25.6 Å². The highest BCUT2D eigenvalue weighted by Gasteiger charge is 2.43. The minimum atomic E-state index is -3.44. The molecule has 3 fully saturated rings. The van der Waals surface area contributed by atoms with Gasteiger partial charge in [-0.05, 0) is 38.0 Å². The summed E-state index contributed by atoms with van der Waals surface area (Å²) in [4.78, 5) is 0. The number of rotatable bonds is 5. The SMILES string of the molecule is NCC1CCCCN1S(=O)(=O)NC1CCOC1C1CC1. The van der Waals surface area contributed by atoms with E-state index in [0.717, 1.165) is 38.5 Å². The van der Waals surface area contributed by atoms with Crippen LogP contribution in [-0.4, -0.2) is 50.6 Å². The van der Waals surface area contributed by atoms with Gasteiger partial charge in [-0.3, -0.25) is 0 Å². The van der Waals surface area contributed by atoms with Crippen LogP contribution in [0.5, 0.6) is 0 Å². The van der Waals surface area contributed by atoms with Crippen molar-refractivity contribution in [3.05, 3.63) is 0 Å². The van der Waals surface area contributed by atoms with E-state index in [4.69, 9.17) is 10.5 Å². The molecule has 3 atom stereocenters. The van der Waals surface area contributed by atoms with E-state index in [1.807, 2.05) is 0 Å². The molecule has 2 aliphatic heterocycles. The molecule has 0 spiro atoms. The molecule has 0 bridgehead atoms. The summed E-state index contributed by atoms with van der Waals surface area (Å²) >= 11 is 0. The van der Waals surface area contributed by atoms with Gasteiger partial charge in [0.05, 0.1) is 12.1 Å². The highest BCUT2D eigenvalue weighted by Crippen LogP contribution is 2.39. The summed E-state index contributed by atoms with van der Waals surface area (Å²) in [5, 5.41) is 0. The fraction of sp³-hybridized carbons (Fsp3) is 1.00. The molecule has 0 amide bonds. The van der Waals surface area contributed by atoms with Crippen molar-refractivity contribution in [2.75, 3.05) is 19.7 Å². The monoisotopic (exact) mass is 303 g/mol. The number of nitrogens with two attached hydrogens (primary N) is 1. The van der Waals surface area contributed by atoms with Crippen LogP contribution in [0.2, 0.25) is 0 Å². The van der Waals surface area contributed by atoms with E-state index in [-0.39, 0.29) is 18.2 Å². The number of hydrogen-bond acceptors (Lipinski definition) is 4. The van der Waals surface area contributed by atoms with E-state index in [1.54, 1.807) is 4.31 Å². The highest BCUT2D eigenvalue weighted by atomic mass is 32.2. The highest BCUT2D eigenvalue weighted by molar-refractivity contribution is 7.87. The zero-order chi connectivity index (χ0) is 14.2. The maximum atomic E-state index is 12.6. The molecule has 20 heavy (non-hydrogen) atoms. The van der Waals surface area contributed by atoms with Crippen molar-refractivity contribution in [2.45, 2.75) is 56.7 Å². The molecule has 3 rings (SSSR count).